The Balaban J connectivity index is 1.30. The molecule has 7 heteroatoms. The molecule has 1 saturated heterocycles. The van der Waals surface area contributed by atoms with Gasteiger partial charge in [-0.1, -0.05) is 48.5 Å². The number of rotatable bonds is 6. The van der Waals surface area contributed by atoms with Crippen LogP contribution in [0.2, 0.25) is 0 Å². The predicted octanol–water partition coefficient (Wildman–Crippen LogP) is 3.25. The number of sulfonamides is 1. The third-order valence-electron chi connectivity index (χ3n) is 5.47. The number of nitrogens with zero attached hydrogens (tertiary/aromatic N) is 2. The van der Waals surface area contributed by atoms with Crippen molar-refractivity contribution in [2.75, 3.05) is 26.2 Å². The van der Waals surface area contributed by atoms with Crippen molar-refractivity contribution in [1.82, 2.24) is 14.2 Å². The maximum Gasteiger partial charge on any atom is 0.236 e. The fourth-order valence-electron chi connectivity index (χ4n) is 3.74. The number of aryl methyl sites for hydroxylation is 1. The molecule has 1 fully saturated rings. The summed E-state index contributed by atoms with van der Waals surface area (Å²) >= 11 is 0. The molecule has 1 amide bonds. The lowest BCUT2D eigenvalue weighted by molar-refractivity contribution is -0.132. The molecule has 0 radical (unpaired) electrons. The zero-order chi connectivity index (χ0) is 21.0. The molecule has 1 aliphatic rings. The maximum absolute atomic E-state index is 12.6. The Kier molecular flexibility index (Phi) is 6.01. The van der Waals surface area contributed by atoms with Crippen molar-refractivity contribution in [3.8, 4) is 0 Å². The lowest BCUT2D eigenvalue weighted by Crippen LogP contribution is -2.50. The minimum Gasteiger partial charge on any atom is -0.361 e. The van der Waals surface area contributed by atoms with Gasteiger partial charge in [0.05, 0.1) is 0 Å². The second kappa shape index (κ2) is 8.85. The summed E-state index contributed by atoms with van der Waals surface area (Å²) in [5.41, 5.74) is 3.04. The lowest BCUT2D eigenvalue weighted by Gasteiger charge is -2.33. The normalized spacial score (nSPS) is 15.8. The Bertz CT molecular complexity index is 1140. The van der Waals surface area contributed by atoms with Gasteiger partial charge < -0.3 is 9.88 Å². The Morgan fingerprint density at radius 1 is 0.967 bits per heavy atom. The molecule has 0 atom stereocenters. The van der Waals surface area contributed by atoms with E-state index in [1.165, 1.54) is 9.71 Å². The van der Waals surface area contributed by atoms with Crippen LogP contribution in [-0.2, 0) is 21.2 Å². The second-order valence-corrected chi connectivity index (χ2v) is 9.22. The molecule has 6 nitrogen and oxygen atoms in total. The number of piperazine rings is 1. The Hall–Kier alpha value is -2.90. The molecule has 0 unspecified atom stereocenters. The lowest BCUT2D eigenvalue weighted by atomic mass is 10.1. The molecule has 0 spiro atoms. The monoisotopic (exact) mass is 423 g/mol. The van der Waals surface area contributed by atoms with Gasteiger partial charge in [-0.15, -0.1) is 0 Å². The molecular formula is C23H25N3O3S. The summed E-state index contributed by atoms with van der Waals surface area (Å²) < 4.78 is 26.6. The molecule has 156 valence electrons. The van der Waals surface area contributed by atoms with E-state index in [4.69, 9.17) is 0 Å². The number of nitrogens with one attached hydrogen (secondary N) is 1. The van der Waals surface area contributed by atoms with Gasteiger partial charge in [0.2, 0.25) is 15.9 Å². The molecule has 2 heterocycles. The molecule has 1 aliphatic heterocycles. The van der Waals surface area contributed by atoms with Crippen LogP contribution < -0.4 is 0 Å². The van der Waals surface area contributed by atoms with Gasteiger partial charge in [0.25, 0.3) is 0 Å². The first kappa shape index (κ1) is 20.4. The standard InChI is InChI=1S/C23H25N3O3S/c27-23(11-10-20-18-24-22-9-5-4-8-21(20)22)25-13-15-26(16-14-25)30(28,29)17-12-19-6-2-1-3-7-19/h1-9,12,17-18,24H,10-11,13-16H2/b17-12+. The highest BCUT2D eigenvalue weighted by molar-refractivity contribution is 7.92. The van der Waals surface area contributed by atoms with E-state index < -0.39 is 10.0 Å². The van der Waals surface area contributed by atoms with Crippen LogP contribution in [-0.4, -0.2) is 54.7 Å². The molecule has 1 aromatic heterocycles. The second-order valence-electron chi connectivity index (χ2n) is 7.40. The summed E-state index contributed by atoms with van der Waals surface area (Å²) in [5, 5.41) is 2.39. The highest BCUT2D eigenvalue weighted by Crippen LogP contribution is 2.20. The van der Waals surface area contributed by atoms with Gasteiger partial charge in [0, 0.05) is 55.1 Å². The van der Waals surface area contributed by atoms with Gasteiger partial charge in [-0.2, -0.15) is 4.31 Å². The summed E-state index contributed by atoms with van der Waals surface area (Å²) in [6.45, 7) is 1.48. The van der Waals surface area contributed by atoms with E-state index >= 15 is 0 Å². The van der Waals surface area contributed by atoms with Crippen LogP contribution in [0, 0.1) is 0 Å². The van der Waals surface area contributed by atoms with Crippen molar-refractivity contribution in [2.45, 2.75) is 12.8 Å². The Morgan fingerprint density at radius 2 is 1.67 bits per heavy atom. The van der Waals surface area contributed by atoms with Gasteiger partial charge in [0.15, 0.2) is 0 Å². The number of carbonyl (C=O) groups excluding carboxylic acids is 1. The van der Waals surface area contributed by atoms with Gasteiger partial charge in [0.1, 0.15) is 0 Å². The number of amides is 1. The summed E-state index contributed by atoms with van der Waals surface area (Å²) in [5.74, 6) is 0.0668. The van der Waals surface area contributed by atoms with Crippen molar-refractivity contribution in [3.63, 3.8) is 0 Å². The molecule has 3 aromatic rings. The highest BCUT2D eigenvalue weighted by Gasteiger charge is 2.27. The Morgan fingerprint density at radius 3 is 2.43 bits per heavy atom. The van der Waals surface area contributed by atoms with Crippen molar-refractivity contribution < 1.29 is 13.2 Å². The molecule has 4 rings (SSSR count). The number of carbonyl (C=O) groups is 1. The minimum absolute atomic E-state index is 0.0668. The van der Waals surface area contributed by atoms with Gasteiger partial charge >= 0.3 is 0 Å². The number of aromatic amines is 1. The average molecular weight is 424 g/mol. The number of para-hydroxylation sites is 1. The number of benzene rings is 2. The highest BCUT2D eigenvalue weighted by atomic mass is 32.2. The summed E-state index contributed by atoms with van der Waals surface area (Å²) in [6.07, 6.45) is 4.65. The summed E-state index contributed by atoms with van der Waals surface area (Å²) in [4.78, 5) is 17.6. The number of fused-ring (bicyclic) bond motifs is 1. The molecule has 2 aromatic carbocycles. The molecule has 30 heavy (non-hydrogen) atoms. The summed E-state index contributed by atoms with van der Waals surface area (Å²) in [6, 6.07) is 17.4. The topological polar surface area (TPSA) is 73.5 Å². The Labute approximate surface area is 176 Å². The third-order valence-corrected chi connectivity index (χ3v) is 7.03. The van der Waals surface area contributed by atoms with Crippen LogP contribution in [0.5, 0.6) is 0 Å². The fourth-order valence-corrected chi connectivity index (χ4v) is 4.92. The number of aromatic nitrogens is 1. The average Bonchev–Trinajstić information content (AvgIpc) is 3.20. The minimum atomic E-state index is -3.49. The van der Waals surface area contributed by atoms with E-state index in [1.54, 1.807) is 11.0 Å². The molecule has 0 aliphatic carbocycles. The van der Waals surface area contributed by atoms with Crippen LogP contribution in [0.1, 0.15) is 17.5 Å². The number of H-pyrrole nitrogens is 1. The van der Waals surface area contributed by atoms with E-state index in [-0.39, 0.29) is 5.91 Å². The predicted molar refractivity (Wildman–Crippen MR) is 119 cm³/mol. The van der Waals surface area contributed by atoms with Crippen LogP contribution >= 0.6 is 0 Å². The van der Waals surface area contributed by atoms with Crippen molar-refractivity contribution in [3.05, 3.63) is 77.3 Å². The largest absolute Gasteiger partial charge is 0.361 e. The van der Waals surface area contributed by atoms with Gasteiger partial charge in [-0.25, -0.2) is 8.42 Å². The van der Waals surface area contributed by atoms with Crippen LogP contribution in [0.15, 0.2) is 66.2 Å². The van der Waals surface area contributed by atoms with Gasteiger partial charge in [-0.3, -0.25) is 4.79 Å². The maximum atomic E-state index is 12.6. The summed E-state index contributed by atoms with van der Waals surface area (Å²) in [7, 11) is -3.49. The smallest absolute Gasteiger partial charge is 0.236 e. The molecule has 0 bridgehead atoms. The molecule has 1 N–H and O–H groups in total. The molecule has 0 saturated carbocycles. The van der Waals surface area contributed by atoms with E-state index in [0.29, 0.717) is 39.0 Å². The first-order chi connectivity index (χ1) is 14.5. The van der Waals surface area contributed by atoms with E-state index in [2.05, 4.69) is 11.1 Å². The quantitative estimate of drug-likeness (QED) is 0.661. The van der Waals surface area contributed by atoms with Crippen LogP contribution in [0.25, 0.3) is 17.0 Å². The van der Waals surface area contributed by atoms with Crippen LogP contribution in [0.3, 0.4) is 0 Å². The third kappa shape index (κ3) is 4.63. The number of hydrogen-bond donors (Lipinski definition) is 1. The van der Waals surface area contributed by atoms with Gasteiger partial charge in [-0.05, 0) is 29.7 Å². The van der Waals surface area contributed by atoms with Crippen molar-refractivity contribution in [1.29, 1.82) is 0 Å². The van der Waals surface area contributed by atoms with Crippen molar-refractivity contribution >= 4 is 32.9 Å². The first-order valence-electron chi connectivity index (χ1n) is 10.1. The van der Waals surface area contributed by atoms with E-state index in [0.717, 1.165) is 22.0 Å². The SMILES string of the molecule is O=C(CCc1c[nH]c2ccccc12)N1CCN(S(=O)(=O)/C=C/c2ccccc2)CC1. The molecular weight excluding hydrogens is 398 g/mol. The fraction of sp³-hybridized carbons (Fsp3) is 0.261. The van der Waals surface area contributed by atoms with Crippen molar-refractivity contribution in [2.24, 2.45) is 0 Å². The van der Waals surface area contributed by atoms with E-state index in [9.17, 15) is 13.2 Å². The zero-order valence-corrected chi connectivity index (χ0v) is 17.5. The first-order valence-corrected chi connectivity index (χ1v) is 11.6. The van der Waals surface area contributed by atoms with Crippen LogP contribution in [0.4, 0.5) is 0 Å². The zero-order valence-electron chi connectivity index (χ0n) is 16.7. The number of hydrogen-bond acceptors (Lipinski definition) is 3. The van der Waals surface area contributed by atoms with E-state index in [1.807, 2.05) is 54.7 Å².